The van der Waals surface area contributed by atoms with E-state index in [-0.39, 0.29) is 12.1 Å². The minimum absolute atomic E-state index is 0.200. The van der Waals surface area contributed by atoms with Crippen LogP contribution >= 0.6 is 11.3 Å². The van der Waals surface area contributed by atoms with Crippen LogP contribution in [0.5, 0.6) is 11.5 Å². The quantitative estimate of drug-likeness (QED) is 0.335. The van der Waals surface area contributed by atoms with Crippen molar-refractivity contribution in [2.24, 2.45) is 5.10 Å². The van der Waals surface area contributed by atoms with Gasteiger partial charge < -0.3 is 9.47 Å². The van der Waals surface area contributed by atoms with Gasteiger partial charge in [-0.25, -0.2) is 10.4 Å². The molecule has 0 saturated heterocycles. The molecule has 0 atom stereocenters. The van der Waals surface area contributed by atoms with Crippen molar-refractivity contribution in [3.8, 4) is 22.6 Å². The minimum Gasteiger partial charge on any atom is -0.493 e. The molecule has 0 saturated carbocycles. The standard InChI is InChI=1S/C24H22N4O4S/c1-15-4-7-17(8-5-15)18-13-33-23-22(18)24(30)28(14-25-23)12-21(29)27-26-11-16-6-9-19(31-2)20(10-16)32-3/h4-11,13-14H,12H2,1-3H3,(H,27,29). The van der Waals surface area contributed by atoms with Crippen molar-refractivity contribution >= 4 is 33.7 Å². The molecule has 2 heterocycles. The molecule has 0 fully saturated rings. The molecule has 4 aromatic rings. The van der Waals surface area contributed by atoms with Gasteiger partial charge in [0.1, 0.15) is 11.4 Å². The maximum absolute atomic E-state index is 13.1. The fraction of sp³-hybridized carbons (Fsp3) is 0.167. The molecule has 0 aliphatic heterocycles. The first-order chi connectivity index (χ1) is 16.0. The lowest BCUT2D eigenvalue weighted by molar-refractivity contribution is -0.121. The summed E-state index contributed by atoms with van der Waals surface area (Å²) in [5, 5.41) is 6.39. The number of ether oxygens (including phenoxy) is 2. The number of aryl methyl sites for hydroxylation is 1. The van der Waals surface area contributed by atoms with Gasteiger partial charge in [-0.2, -0.15) is 5.10 Å². The number of methoxy groups -OCH3 is 2. The van der Waals surface area contributed by atoms with Gasteiger partial charge in [-0.1, -0.05) is 29.8 Å². The number of rotatable bonds is 7. The molecular weight excluding hydrogens is 440 g/mol. The van der Waals surface area contributed by atoms with Crippen LogP contribution in [0, 0.1) is 6.92 Å². The SMILES string of the molecule is COc1ccc(C=NNC(=O)Cn2cnc3scc(-c4ccc(C)cc4)c3c2=O)cc1OC. The maximum Gasteiger partial charge on any atom is 0.263 e. The third-order valence-corrected chi connectivity index (χ3v) is 5.93. The van der Waals surface area contributed by atoms with Crippen LogP contribution in [0.1, 0.15) is 11.1 Å². The number of fused-ring (bicyclic) bond motifs is 1. The molecule has 8 nitrogen and oxygen atoms in total. The fourth-order valence-electron chi connectivity index (χ4n) is 3.33. The summed E-state index contributed by atoms with van der Waals surface area (Å²) in [4.78, 5) is 30.5. The largest absolute Gasteiger partial charge is 0.493 e. The number of hydrogen-bond donors (Lipinski definition) is 1. The second-order valence-corrected chi connectivity index (χ2v) is 8.14. The highest BCUT2D eigenvalue weighted by molar-refractivity contribution is 7.17. The molecule has 0 aliphatic carbocycles. The number of carbonyl (C=O) groups excluding carboxylic acids is 1. The lowest BCUT2D eigenvalue weighted by Crippen LogP contribution is -2.30. The summed E-state index contributed by atoms with van der Waals surface area (Å²) in [6, 6.07) is 13.2. The Kier molecular flexibility index (Phi) is 6.50. The minimum atomic E-state index is -0.443. The zero-order chi connectivity index (χ0) is 23.4. The van der Waals surface area contributed by atoms with Gasteiger partial charge in [-0.05, 0) is 36.2 Å². The van der Waals surface area contributed by atoms with Crippen molar-refractivity contribution in [3.05, 3.63) is 75.7 Å². The molecule has 1 amide bonds. The van der Waals surface area contributed by atoms with Gasteiger partial charge in [0.25, 0.3) is 11.5 Å². The summed E-state index contributed by atoms with van der Waals surface area (Å²) >= 11 is 1.40. The van der Waals surface area contributed by atoms with E-state index in [4.69, 9.17) is 9.47 Å². The van der Waals surface area contributed by atoms with Gasteiger partial charge in [0.05, 0.1) is 32.1 Å². The van der Waals surface area contributed by atoms with E-state index < -0.39 is 5.91 Å². The van der Waals surface area contributed by atoms with Gasteiger partial charge in [0.15, 0.2) is 11.5 Å². The van der Waals surface area contributed by atoms with E-state index in [0.717, 1.165) is 16.7 Å². The summed E-state index contributed by atoms with van der Waals surface area (Å²) in [5.74, 6) is 0.709. The number of benzene rings is 2. The predicted molar refractivity (Wildman–Crippen MR) is 129 cm³/mol. The number of nitrogens with one attached hydrogen (secondary N) is 1. The Morgan fingerprint density at radius 3 is 2.64 bits per heavy atom. The second-order valence-electron chi connectivity index (χ2n) is 7.28. The van der Waals surface area contributed by atoms with E-state index in [1.807, 2.05) is 36.6 Å². The Morgan fingerprint density at radius 1 is 1.15 bits per heavy atom. The molecule has 168 valence electrons. The van der Waals surface area contributed by atoms with E-state index in [0.29, 0.717) is 27.3 Å². The van der Waals surface area contributed by atoms with Crippen LogP contribution < -0.4 is 20.5 Å². The van der Waals surface area contributed by atoms with E-state index in [9.17, 15) is 9.59 Å². The molecule has 0 aliphatic rings. The Balaban J connectivity index is 1.51. The zero-order valence-corrected chi connectivity index (χ0v) is 19.2. The average Bonchev–Trinajstić information content (AvgIpc) is 3.26. The van der Waals surface area contributed by atoms with Crippen LogP contribution in [0.4, 0.5) is 0 Å². The van der Waals surface area contributed by atoms with Crippen molar-refractivity contribution < 1.29 is 14.3 Å². The summed E-state index contributed by atoms with van der Waals surface area (Å²) in [6.45, 7) is 1.81. The van der Waals surface area contributed by atoms with Crippen LogP contribution in [-0.2, 0) is 11.3 Å². The van der Waals surface area contributed by atoms with E-state index in [2.05, 4.69) is 15.5 Å². The third kappa shape index (κ3) is 4.78. The molecule has 4 rings (SSSR count). The lowest BCUT2D eigenvalue weighted by atomic mass is 10.1. The number of thiophene rings is 1. The first-order valence-corrected chi connectivity index (χ1v) is 11.0. The Morgan fingerprint density at radius 2 is 1.91 bits per heavy atom. The number of aromatic nitrogens is 2. The topological polar surface area (TPSA) is 94.8 Å². The highest BCUT2D eigenvalue weighted by atomic mass is 32.1. The van der Waals surface area contributed by atoms with Crippen LogP contribution in [0.25, 0.3) is 21.3 Å². The molecule has 2 aromatic carbocycles. The van der Waals surface area contributed by atoms with Crippen LogP contribution in [-0.4, -0.2) is 35.9 Å². The molecule has 1 N–H and O–H groups in total. The number of carbonyl (C=O) groups is 1. The van der Waals surface area contributed by atoms with Gasteiger partial charge in [0, 0.05) is 10.9 Å². The summed E-state index contributed by atoms with van der Waals surface area (Å²) in [5.41, 5.74) is 5.78. The second kappa shape index (κ2) is 9.66. The van der Waals surface area contributed by atoms with E-state index in [1.54, 1.807) is 32.4 Å². The van der Waals surface area contributed by atoms with Crippen molar-refractivity contribution in [3.63, 3.8) is 0 Å². The molecule has 0 spiro atoms. The number of amides is 1. The predicted octanol–water partition coefficient (Wildman–Crippen LogP) is 3.60. The summed E-state index contributed by atoms with van der Waals surface area (Å²) < 4.78 is 11.7. The number of hydrogen-bond acceptors (Lipinski definition) is 7. The highest BCUT2D eigenvalue weighted by Crippen LogP contribution is 2.30. The normalized spacial score (nSPS) is 11.1. The van der Waals surface area contributed by atoms with Gasteiger partial charge in [-0.3, -0.25) is 14.2 Å². The molecule has 0 bridgehead atoms. The molecule has 0 unspecified atom stereocenters. The highest BCUT2D eigenvalue weighted by Gasteiger charge is 2.14. The monoisotopic (exact) mass is 462 g/mol. The third-order valence-electron chi connectivity index (χ3n) is 5.05. The lowest BCUT2D eigenvalue weighted by Gasteiger charge is -2.07. The molecule has 33 heavy (non-hydrogen) atoms. The van der Waals surface area contributed by atoms with Crippen LogP contribution in [0.3, 0.4) is 0 Å². The van der Waals surface area contributed by atoms with Crippen LogP contribution in [0.15, 0.2) is 64.1 Å². The first kappa shape index (κ1) is 22.2. The van der Waals surface area contributed by atoms with Crippen molar-refractivity contribution in [2.45, 2.75) is 13.5 Å². The van der Waals surface area contributed by atoms with Crippen LogP contribution in [0.2, 0.25) is 0 Å². The number of hydrazone groups is 1. The van der Waals surface area contributed by atoms with Crippen molar-refractivity contribution in [2.75, 3.05) is 14.2 Å². The van der Waals surface area contributed by atoms with Crippen molar-refractivity contribution in [1.29, 1.82) is 0 Å². The van der Waals surface area contributed by atoms with Gasteiger partial charge in [-0.15, -0.1) is 11.3 Å². The van der Waals surface area contributed by atoms with E-state index >= 15 is 0 Å². The summed E-state index contributed by atoms with van der Waals surface area (Å²) in [6.07, 6.45) is 2.87. The average molecular weight is 463 g/mol. The zero-order valence-electron chi connectivity index (χ0n) is 18.4. The van der Waals surface area contributed by atoms with Gasteiger partial charge in [0.2, 0.25) is 0 Å². The fourth-order valence-corrected chi connectivity index (χ4v) is 4.23. The molecule has 2 aromatic heterocycles. The maximum atomic E-state index is 13.1. The molecule has 9 heteroatoms. The first-order valence-electron chi connectivity index (χ1n) is 10.1. The molecular formula is C24H22N4O4S. The number of nitrogens with zero attached hydrogens (tertiary/aromatic N) is 3. The van der Waals surface area contributed by atoms with E-state index in [1.165, 1.54) is 28.4 Å². The Bertz CT molecular complexity index is 1390. The van der Waals surface area contributed by atoms with Crippen molar-refractivity contribution in [1.82, 2.24) is 15.0 Å². The Hall–Kier alpha value is -3.98. The molecule has 0 radical (unpaired) electrons. The Labute approximate surface area is 194 Å². The smallest absolute Gasteiger partial charge is 0.263 e. The van der Waals surface area contributed by atoms with Gasteiger partial charge >= 0.3 is 0 Å². The summed E-state index contributed by atoms with van der Waals surface area (Å²) in [7, 11) is 3.10.